The third kappa shape index (κ3) is 1.35. The number of aliphatic hydroxyl groups excluding tert-OH is 1. The monoisotopic (exact) mass is 157 g/mol. The molecule has 0 aliphatic rings. The first-order valence-corrected chi connectivity index (χ1v) is 2.96. The Bertz CT molecular complexity index is 281. The Labute approximate surface area is 62.0 Å². The van der Waals surface area contributed by atoms with Gasteiger partial charge in [-0.1, -0.05) is 0 Å². The molecule has 0 aliphatic carbocycles. The summed E-state index contributed by atoms with van der Waals surface area (Å²) in [4.78, 5) is 15.7. The number of imidazole rings is 1. The summed E-state index contributed by atoms with van der Waals surface area (Å²) >= 11 is 0. The molecule has 0 spiro atoms. The summed E-state index contributed by atoms with van der Waals surface area (Å²) in [7, 11) is 0. The highest BCUT2D eigenvalue weighted by atomic mass is 16.6. The van der Waals surface area contributed by atoms with Crippen LogP contribution in [0.4, 0.5) is 5.82 Å². The molecule has 6 heteroatoms. The van der Waals surface area contributed by atoms with E-state index >= 15 is 0 Å². The van der Waals surface area contributed by atoms with E-state index < -0.39 is 11.5 Å². The minimum absolute atomic E-state index is 0.0764. The zero-order chi connectivity index (χ0) is 8.43. The zero-order valence-corrected chi connectivity index (χ0v) is 5.87. The fraction of sp³-hybridized carbons (Fsp3) is 0.400. The number of nitrogens with zero attached hydrogens (tertiary/aromatic N) is 2. The van der Waals surface area contributed by atoms with Crippen LogP contribution >= 0.6 is 0 Å². The first-order chi connectivity index (χ1) is 5.15. The van der Waals surface area contributed by atoms with E-state index in [1.165, 1.54) is 0 Å². The van der Waals surface area contributed by atoms with E-state index in [1.54, 1.807) is 6.92 Å². The van der Waals surface area contributed by atoms with Crippen LogP contribution in [0.1, 0.15) is 11.5 Å². The highest BCUT2D eigenvalue weighted by Crippen LogP contribution is 2.13. The lowest BCUT2D eigenvalue weighted by atomic mass is 10.5. The SMILES string of the molecule is Cc1nc(CO)c([N+](=O)[O-])[nH]1. The Hall–Kier alpha value is -1.43. The molecule has 0 bridgehead atoms. The van der Waals surface area contributed by atoms with E-state index in [9.17, 15) is 10.1 Å². The van der Waals surface area contributed by atoms with Crippen LogP contribution < -0.4 is 0 Å². The summed E-state index contributed by atoms with van der Waals surface area (Å²) in [6, 6.07) is 0. The van der Waals surface area contributed by atoms with E-state index in [4.69, 9.17) is 5.11 Å². The minimum Gasteiger partial charge on any atom is -0.390 e. The summed E-state index contributed by atoms with van der Waals surface area (Å²) < 4.78 is 0. The molecular weight excluding hydrogens is 150 g/mol. The molecule has 1 aromatic heterocycles. The maximum Gasteiger partial charge on any atom is 0.346 e. The van der Waals surface area contributed by atoms with E-state index in [1.807, 2.05) is 0 Å². The number of aromatic amines is 1. The van der Waals surface area contributed by atoms with Gasteiger partial charge in [-0.15, -0.1) is 0 Å². The second-order valence-electron chi connectivity index (χ2n) is 2.03. The maximum atomic E-state index is 10.2. The molecule has 60 valence electrons. The number of H-pyrrole nitrogens is 1. The fourth-order valence-corrected chi connectivity index (χ4v) is 0.788. The van der Waals surface area contributed by atoms with Gasteiger partial charge in [0.2, 0.25) is 0 Å². The van der Waals surface area contributed by atoms with E-state index in [0.717, 1.165) is 0 Å². The van der Waals surface area contributed by atoms with Crippen molar-refractivity contribution in [3.8, 4) is 0 Å². The average molecular weight is 157 g/mol. The Morgan fingerprint density at radius 1 is 1.82 bits per heavy atom. The number of nitrogens with one attached hydrogen (secondary N) is 1. The third-order valence-electron chi connectivity index (χ3n) is 1.21. The largest absolute Gasteiger partial charge is 0.390 e. The number of aryl methyl sites for hydroxylation is 1. The number of rotatable bonds is 2. The number of hydrogen-bond donors (Lipinski definition) is 2. The van der Waals surface area contributed by atoms with Crippen molar-refractivity contribution in [2.45, 2.75) is 13.5 Å². The van der Waals surface area contributed by atoms with Crippen LogP contribution in [0.3, 0.4) is 0 Å². The predicted octanol–water partition coefficient (Wildman–Crippen LogP) is 0.119. The highest BCUT2D eigenvalue weighted by molar-refractivity contribution is 5.26. The molecule has 11 heavy (non-hydrogen) atoms. The summed E-state index contributed by atoms with van der Waals surface area (Å²) in [5.74, 6) is 0.200. The smallest absolute Gasteiger partial charge is 0.346 e. The minimum atomic E-state index is -0.606. The molecule has 6 nitrogen and oxygen atoms in total. The molecule has 2 N–H and O–H groups in total. The normalized spacial score (nSPS) is 10.0. The average Bonchev–Trinajstić information content (AvgIpc) is 2.30. The molecule has 0 aromatic carbocycles. The first-order valence-electron chi connectivity index (χ1n) is 2.96. The molecule has 0 aliphatic heterocycles. The van der Waals surface area contributed by atoms with Crippen molar-refractivity contribution < 1.29 is 10.0 Å². The maximum absolute atomic E-state index is 10.2. The van der Waals surface area contributed by atoms with Gasteiger partial charge in [-0.3, -0.25) is 0 Å². The van der Waals surface area contributed by atoms with Crippen LogP contribution in [0.15, 0.2) is 0 Å². The number of nitro groups is 1. The lowest BCUT2D eigenvalue weighted by Crippen LogP contribution is -1.93. The van der Waals surface area contributed by atoms with E-state index in [2.05, 4.69) is 9.97 Å². The van der Waals surface area contributed by atoms with Gasteiger partial charge in [-0.05, 0) is 4.92 Å². The van der Waals surface area contributed by atoms with Crippen LogP contribution in [0, 0.1) is 17.0 Å². The highest BCUT2D eigenvalue weighted by Gasteiger charge is 2.15. The fourth-order valence-electron chi connectivity index (χ4n) is 0.788. The van der Waals surface area contributed by atoms with Crippen molar-refractivity contribution in [2.75, 3.05) is 0 Å². The van der Waals surface area contributed by atoms with Crippen molar-refractivity contribution in [3.05, 3.63) is 21.6 Å². The molecule has 1 aromatic rings. The zero-order valence-electron chi connectivity index (χ0n) is 5.87. The molecule has 1 heterocycles. The summed E-state index contributed by atoms with van der Waals surface area (Å²) in [6.45, 7) is 1.17. The summed E-state index contributed by atoms with van der Waals surface area (Å²) in [6.07, 6.45) is 0. The third-order valence-corrected chi connectivity index (χ3v) is 1.21. The van der Waals surface area contributed by atoms with Crippen molar-refractivity contribution >= 4 is 5.82 Å². The Balaban J connectivity index is 3.12. The lowest BCUT2D eigenvalue weighted by molar-refractivity contribution is -0.390. The van der Waals surface area contributed by atoms with Crippen LogP contribution in [0.2, 0.25) is 0 Å². The number of aromatic nitrogens is 2. The van der Waals surface area contributed by atoms with Crippen LogP contribution in [0.5, 0.6) is 0 Å². The van der Waals surface area contributed by atoms with Gasteiger partial charge in [0.15, 0.2) is 11.5 Å². The second kappa shape index (κ2) is 2.67. The molecule has 0 saturated heterocycles. The Morgan fingerprint density at radius 2 is 2.45 bits per heavy atom. The van der Waals surface area contributed by atoms with Gasteiger partial charge in [-0.25, -0.2) is 9.97 Å². The molecule has 0 fully saturated rings. The van der Waals surface area contributed by atoms with Gasteiger partial charge in [-0.2, -0.15) is 0 Å². The standard InChI is InChI=1S/C5H7N3O3/c1-3-6-4(2-9)5(7-3)8(10)11/h9H,2H2,1H3,(H,6,7). The van der Waals surface area contributed by atoms with Crippen molar-refractivity contribution in [3.63, 3.8) is 0 Å². The van der Waals surface area contributed by atoms with Gasteiger partial charge in [0.1, 0.15) is 0 Å². The predicted molar refractivity (Wildman–Crippen MR) is 35.9 cm³/mol. The van der Waals surface area contributed by atoms with Crippen LogP contribution in [-0.2, 0) is 6.61 Å². The van der Waals surface area contributed by atoms with Gasteiger partial charge in [0.25, 0.3) is 0 Å². The number of hydrogen-bond acceptors (Lipinski definition) is 4. The van der Waals surface area contributed by atoms with Gasteiger partial charge in [0.05, 0.1) is 6.61 Å². The van der Waals surface area contributed by atoms with E-state index in [-0.39, 0.29) is 11.5 Å². The molecule has 1 rings (SSSR count). The van der Waals surface area contributed by atoms with Crippen molar-refractivity contribution in [1.29, 1.82) is 0 Å². The molecular formula is C5H7N3O3. The first kappa shape index (κ1) is 7.67. The summed E-state index contributed by atoms with van der Waals surface area (Å²) in [5.41, 5.74) is 0.0764. The van der Waals surface area contributed by atoms with Crippen molar-refractivity contribution in [2.24, 2.45) is 0 Å². The molecule has 0 radical (unpaired) electrons. The van der Waals surface area contributed by atoms with Gasteiger partial charge in [0, 0.05) is 6.92 Å². The molecule has 0 unspecified atom stereocenters. The molecule has 0 saturated carbocycles. The molecule has 0 amide bonds. The topological polar surface area (TPSA) is 92.1 Å². The lowest BCUT2D eigenvalue weighted by Gasteiger charge is -1.90. The van der Waals surface area contributed by atoms with Crippen molar-refractivity contribution in [1.82, 2.24) is 9.97 Å². The molecule has 0 atom stereocenters. The van der Waals surface area contributed by atoms with E-state index in [0.29, 0.717) is 5.82 Å². The van der Waals surface area contributed by atoms with Gasteiger partial charge < -0.3 is 15.2 Å². The summed E-state index contributed by atoms with van der Waals surface area (Å²) in [5, 5.41) is 18.8. The quantitative estimate of drug-likeness (QED) is 0.471. The van der Waals surface area contributed by atoms with Crippen LogP contribution in [0.25, 0.3) is 0 Å². The Kier molecular flexibility index (Phi) is 1.86. The second-order valence-corrected chi connectivity index (χ2v) is 2.03. The van der Waals surface area contributed by atoms with Crippen LogP contribution in [-0.4, -0.2) is 20.0 Å². The number of aliphatic hydroxyl groups is 1. The van der Waals surface area contributed by atoms with Gasteiger partial charge >= 0.3 is 5.82 Å². The Morgan fingerprint density at radius 3 is 2.82 bits per heavy atom.